The Balaban J connectivity index is 1.40. The number of nitrogens with one attached hydrogen (secondary N) is 2. The zero-order chi connectivity index (χ0) is 25.4. The number of ether oxygens (including phenoxy) is 1. The van der Waals surface area contributed by atoms with Crippen molar-refractivity contribution in [1.82, 2.24) is 24.6 Å². The van der Waals surface area contributed by atoms with E-state index in [9.17, 15) is 14.2 Å². The van der Waals surface area contributed by atoms with Crippen LogP contribution in [0.3, 0.4) is 0 Å². The Kier molecular flexibility index (Phi) is 7.19. The van der Waals surface area contributed by atoms with Crippen molar-refractivity contribution in [2.75, 3.05) is 25.6 Å². The van der Waals surface area contributed by atoms with Crippen LogP contribution in [0.25, 0.3) is 17.4 Å². The summed E-state index contributed by atoms with van der Waals surface area (Å²) < 4.78 is 31.7. The third kappa shape index (κ3) is 5.35. The highest BCUT2D eigenvalue weighted by molar-refractivity contribution is 7.51. The molecule has 0 bridgehead atoms. The summed E-state index contributed by atoms with van der Waals surface area (Å²) in [4.78, 5) is 35.3. The molecule has 0 aromatic carbocycles. The first-order valence-electron chi connectivity index (χ1n) is 11.9. The molecule has 1 saturated heterocycles. The summed E-state index contributed by atoms with van der Waals surface area (Å²) in [5, 5.41) is 2.79. The van der Waals surface area contributed by atoms with Gasteiger partial charge in [-0.25, -0.2) is 14.6 Å². The van der Waals surface area contributed by atoms with Crippen LogP contribution in [-0.2, 0) is 23.1 Å². The van der Waals surface area contributed by atoms with Crippen LogP contribution in [0.2, 0.25) is 0 Å². The number of anilines is 1. The van der Waals surface area contributed by atoms with Crippen molar-refractivity contribution in [2.24, 2.45) is 17.3 Å². The lowest BCUT2D eigenvalue weighted by Gasteiger charge is -2.32. The van der Waals surface area contributed by atoms with Gasteiger partial charge in [0.15, 0.2) is 11.2 Å². The number of nitrogens with zero attached hydrogens (tertiary/aromatic N) is 3. The van der Waals surface area contributed by atoms with Crippen molar-refractivity contribution < 1.29 is 23.1 Å². The van der Waals surface area contributed by atoms with E-state index in [4.69, 9.17) is 19.5 Å². The van der Waals surface area contributed by atoms with Crippen LogP contribution < -0.4 is 16.4 Å². The number of aromatic amines is 1. The van der Waals surface area contributed by atoms with E-state index >= 15 is 0 Å². The summed E-state index contributed by atoms with van der Waals surface area (Å²) in [5.74, 6) is -0.340. The van der Waals surface area contributed by atoms with Gasteiger partial charge in [0.1, 0.15) is 12.4 Å². The largest absolute Gasteiger partial charge is 0.464 e. The van der Waals surface area contributed by atoms with Crippen LogP contribution in [0.15, 0.2) is 16.7 Å². The minimum atomic E-state index is -3.70. The zero-order valence-corrected chi connectivity index (χ0v) is 21.3. The molecule has 12 nitrogen and oxygen atoms in total. The van der Waals surface area contributed by atoms with Gasteiger partial charge in [-0.3, -0.25) is 28.2 Å². The topological polar surface area (TPSA) is 163 Å². The maximum atomic E-state index is 13.2. The van der Waals surface area contributed by atoms with Gasteiger partial charge in [-0.05, 0) is 23.8 Å². The molecule has 13 heteroatoms. The fourth-order valence-corrected chi connectivity index (χ4v) is 5.83. The van der Waals surface area contributed by atoms with Crippen LogP contribution in [0.5, 0.6) is 0 Å². The molecule has 192 valence electrons. The molecule has 1 aliphatic carbocycles. The third-order valence-electron chi connectivity index (χ3n) is 6.69. The number of rotatable bonds is 9. The Morgan fingerprint density at radius 1 is 1.37 bits per heavy atom. The average Bonchev–Trinajstić information content (AvgIpc) is 3.33. The van der Waals surface area contributed by atoms with Crippen molar-refractivity contribution in [3.63, 3.8) is 0 Å². The van der Waals surface area contributed by atoms with Gasteiger partial charge >= 0.3 is 13.7 Å². The first kappa shape index (κ1) is 25.6. The maximum absolute atomic E-state index is 13.2. The van der Waals surface area contributed by atoms with E-state index in [-0.39, 0.29) is 30.6 Å². The summed E-state index contributed by atoms with van der Waals surface area (Å²) in [6.07, 6.45) is 5.80. The minimum absolute atomic E-state index is 0.00245. The summed E-state index contributed by atoms with van der Waals surface area (Å²) in [6, 6.07) is -0.814. The number of aromatic nitrogens is 4. The second kappa shape index (κ2) is 9.85. The molecule has 2 aliphatic rings. The molecule has 0 radical (unpaired) electrons. The second-order valence-corrected chi connectivity index (χ2v) is 11.4. The number of carbonyl (C=O) groups is 1. The van der Waals surface area contributed by atoms with Crippen molar-refractivity contribution in [3.8, 4) is 0 Å². The number of esters is 1. The van der Waals surface area contributed by atoms with Gasteiger partial charge in [0.2, 0.25) is 5.95 Å². The highest BCUT2D eigenvalue weighted by Crippen LogP contribution is 2.62. The van der Waals surface area contributed by atoms with Crippen LogP contribution in [0.1, 0.15) is 47.0 Å². The molecule has 2 aromatic heterocycles. The van der Waals surface area contributed by atoms with E-state index in [1.165, 1.54) is 6.33 Å². The number of fused-ring (bicyclic) bond motifs is 1. The van der Waals surface area contributed by atoms with E-state index in [0.717, 1.165) is 18.4 Å². The summed E-state index contributed by atoms with van der Waals surface area (Å²) in [7, 11) is -3.70. The van der Waals surface area contributed by atoms with Crippen molar-refractivity contribution >= 4 is 37.0 Å². The lowest BCUT2D eigenvalue weighted by Crippen LogP contribution is -2.43. The standard InChI is InChI=1S/C22H33N6O6P/c1-5-14(6-2)9-32-20(30)16(13(3)4)27-35(31)33-10-22(11-34-35)7-15(22)8-28-12-24-17-18(28)25-21(23)26-19(17)29/h8,12-14,16H,5-7,9-11H2,1-4H3,(H,27,31)(H3,23,25,26,29)/b15-8-. The van der Waals surface area contributed by atoms with E-state index in [0.29, 0.717) is 24.6 Å². The van der Waals surface area contributed by atoms with Crippen molar-refractivity contribution in [3.05, 3.63) is 22.3 Å². The first-order chi connectivity index (χ1) is 16.6. The fourth-order valence-electron chi connectivity index (χ4n) is 4.02. The lowest BCUT2D eigenvalue weighted by molar-refractivity contribution is -0.148. The Bertz CT molecular complexity index is 1220. The summed E-state index contributed by atoms with van der Waals surface area (Å²) >= 11 is 0. The predicted molar refractivity (Wildman–Crippen MR) is 130 cm³/mol. The van der Waals surface area contributed by atoms with Crippen LogP contribution in [0.4, 0.5) is 5.95 Å². The number of imidazole rings is 1. The van der Waals surface area contributed by atoms with Gasteiger partial charge in [0.25, 0.3) is 5.56 Å². The molecule has 4 rings (SSSR count). The smallest absolute Gasteiger partial charge is 0.406 e. The molecule has 1 aliphatic heterocycles. The molecule has 1 unspecified atom stereocenters. The Labute approximate surface area is 203 Å². The first-order valence-corrected chi connectivity index (χ1v) is 13.4. The average molecular weight is 509 g/mol. The number of H-pyrrole nitrogens is 1. The molecule has 2 fully saturated rings. The van der Waals surface area contributed by atoms with Crippen molar-refractivity contribution in [1.29, 1.82) is 0 Å². The second-order valence-electron chi connectivity index (χ2n) is 9.59. The van der Waals surface area contributed by atoms with Gasteiger partial charge in [-0.2, -0.15) is 4.98 Å². The molecule has 4 N–H and O–H groups in total. The highest BCUT2D eigenvalue weighted by Gasteiger charge is 2.55. The molecule has 1 spiro atoms. The number of hydrogen-bond donors (Lipinski definition) is 3. The lowest BCUT2D eigenvalue weighted by atomic mass is 10.0. The third-order valence-corrected chi connectivity index (χ3v) is 8.22. The van der Waals surface area contributed by atoms with Crippen LogP contribution in [-0.4, -0.2) is 51.4 Å². The van der Waals surface area contributed by atoms with Crippen molar-refractivity contribution in [2.45, 2.75) is 53.0 Å². The number of nitrogens with two attached hydrogens (primary N) is 1. The molecule has 0 amide bonds. The molecular formula is C22H33N6O6P. The van der Waals surface area contributed by atoms with E-state index in [1.807, 2.05) is 20.0 Å². The van der Waals surface area contributed by atoms with E-state index in [1.54, 1.807) is 4.57 Å². The van der Waals surface area contributed by atoms with Gasteiger partial charge < -0.3 is 10.5 Å². The van der Waals surface area contributed by atoms with Gasteiger partial charge in [-0.15, -0.1) is 0 Å². The highest BCUT2D eigenvalue weighted by atomic mass is 31.2. The maximum Gasteiger partial charge on any atom is 0.406 e. The molecule has 2 aromatic rings. The molecule has 1 atom stereocenters. The minimum Gasteiger partial charge on any atom is -0.464 e. The van der Waals surface area contributed by atoms with Gasteiger partial charge in [-0.1, -0.05) is 40.5 Å². The normalized spacial score (nSPS) is 26.2. The molecule has 1 saturated carbocycles. The Morgan fingerprint density at radius 2 is 2.06 bits per heavy atom. The van der Waals surface area contributed by atoms with E-state index < -0.39 is 30.7 Å². The predicted octanol–water partition coefficient (Wildman–Crippen LogP) is 2.68. The number of nitrogen functional groups attached to an aromatic ring is 1. The fraction of sp³-hybridized carbons (Fsp3) is 0.636. The quantitative estimate of drug-likeness (QED) is 0.339. The zero-order valence-electron chi connectivity index (χ0n) is 20.4. The molecular weight excluding hydrogens is 475 g/mol. The van der Waals surface area contributed by atoms with E-state index in [2.05, 4.69) is 33.9 Å². The van der Waals surface area contributed by atoms with Gasteiger partial charge in [0.05, 0.1) is 19.8 Å². The monoisotopic (exact) mass is 508 g/mol. The molecule has 3 heterocycles. The van der Waals surface area contributed by atoms with Crippen LogP contribution in [0, 0.1) is 17.3 Å². The van der Waals surface area contributed by atoms with Crippen LogP contribution >= 0.6 is 7.75 Å². The SMILES string of the molecule is CCC(CC)COC(=O)C(NP1(=O)OCC2(CO1)C/C2=C/n1cnc2c(=O)[nH]c(N)nc21)C(C)C. The number of hydrogen-bond acceptors (Lipinski definition) is 9. The van der Waals surface area contributed by atoms with Gasteiger partial charge in [0, 0.05) is 11.6 Å². The Hall–Kier alpha value is -2.53. The molecule has 35 heavy (non-hydrogen) atoms. The summed E-state index contributed by atoms with van der Waals surface area (Å²) in [6.45, 7) is 8.46. The summed E-state index contributed by atoms with van der Waals surface area (Å²) in [5.41, 5.74) is 6.33. The Morgan fingerprint density at radius 3 is 2.69 bits per heavy atom. The number of carbonyl (C=O) groups excluding carboxylic acids is 1.